The fraction of sp³-hybridized carbons (Fsp3) is 0.381. The van der Waals surface area contributed by atoms with Crippen molar-refractivity contribution in [2.45, 2.75) is 31.8 Å². The molecular weight excluding hydrogens is 438 g/mol. The number of carbonyl (C=O) groups excluding carboxylic acids is 3. The van der Waals surface area contributed by atoms with Crippen LogP contribution < -0.4 is 5.32 Å². The standard InChI is InChI=1S/C21H22BrN3O4/c1-21(14-5-6-14)19(27)25(20(28)23-21)12-18(26)24(2)11-16-9-10-17(29-16)13-3-7-15(22)8-4-13/h3-4,7-10,14H,5-6,11-12H2,1-2H3,(H,23,28). The molecule has 4 rings (SSSR count). The number of benzene rings is 1. The van der Waals surface area contributed by atoms with Crippen molar-refractivity contribution < 1.29 is 18.8 Å². The number of nitrogens with zero attached hydrogens (tertiary/aromatic N) is 2. The average molecular weight is 460 g/mol. The Morgan fingerprint density at radius 3 is 2.59 bits per heavy atom. The minimum Gasteiger partial charge on any atom is -0.459 e. The molecule has 0 bridgehead atoms. The smallest absolute Gasteiger partial charge is 0.325 e. The highest BCUT2D eigenvalue weighted by Gasteiger charge is 2.56. The zero-order valence-electron chi connectivity index (χ0n) is 16.3. The first-order valence-electron chi connectivity index (χ1n) is 9.50. The molecule has 1 aromatic heterocycles. The Balaban J connectivity index is 1.38. The molecule has 0 radical (unpaired) electrons. The van der Waals surface area contributed by atoms with Crippen molar-refractivity contribution in [1.29, 1.82) is 0 Å². The van der Waals surface area contributed by atoms with Crippen molar-refractivity contribution in [3.63, 3.8) is 0 Å². The van der Waals surface area contributed by atoms with Crippen molar-refractivity contribution in [2.24, 2.45) is 5.92 Å². The van der Waals surface area contributed by atoms with E-state index in [1.807, 2.05) is 36.4 Å². The van der Waals surface area contributed by atoms with Crippen LogP contribution in [0, 0.1) is 5.92 Å². The van der Waals surface area contributed by atoms with Crippen LogP contribution >= 0.6 is 15.9 Å². The minimum atomic E-state index is -0.878. The van der Waals surface area contributed by atoms with E-state index >= 15 is 0 Å². The summed E-state index contributed by atoms with van der Waals surface area (Å²) in [5, 5.41) is 2.76. The van der Waals surface area contributed by atoms with Gasteiger partial charge in [-0.1, -0.05) is 28.1 Å². The van der Waals surface area contributed by atoms with Gasteiger partial charge in [-0.3, -0.25) is 14.5 Å². The Hall–Kier alpha value is -2.61. The molecule has 1 aliphatic heterocycles. The second kappa shape index (κ2) is 7.33. The van der Waals surface area contributed by atoms with Gasteiger partial charge in [0.25, 0.3) is 5.91 Å². The number of amides is 4. The first-order chi connectivity index (χ1) is 13.8. The van der Waals surface area contributed by atoms with Crippen molar-refractivity contribution in [3.8, 4) is 11.3 Å². The second-order valence-corrected chi connectivity index (χ2v) is 8.74. The Bertz CT molecular complexity index is 967. The lowest BCUT2D eigenvalue weighted by Crippen LogP contribution is -2.47. The lowest BCUT2D eigenvalue weighted by atomic mass is 9.96. The summed E-state index contributed by atoms with van der Waals surface area (Å²) >= 11 is 3.40. The van der Waals surface area contributed by atoms with E-state index in [1.165, 1.54) is 4.90 Å². The van der Waals surface area contributed by atoms with E-state index in [-0.39, 0.29) is 30.8 Å². The van der Waals surface area contributed by atoms with Gasteiger partial charge >= 0.3 is 6.03 Å². The molecule has 152 valence electrons. The molecule has 7 nitrogen and oxygen atoms in total. The zero-order chi connectivity index (χ0) is 20.8. The van der Waals surface area contributed by atoms with Crippen LogP contribution in [0.5, 0.6) is 0 Å². The fourth-order valence-electron chi connectivity index (χ4n) is 3.61. The Morgan fingerprint density at radius 2 is 1.93 bits per heavy atom. The summed E-state index contributed by atoms with van der Waals surface area (Å²) in [5.74, 6) is 0.857. The van der Waals surface area contributed by atoms with Crippen molar-refractivity contribution in [1.82, 2.24) is 15.1 Å². The molecule has 8 heteroatoms. The average Bonchev–Trinajstić information content (AvgIpc) is 3.41. The Labute approximate surface area is 177 Å². The SMILES string of the molecule is CN(Cc1ccc(-c2ccc(Br)cc2)o1)C(=O)CN1C(=O)NC(C)(C2CC2)C1=O. The molecular formula is C21H22BrN3O4. The predicted molar refractivity (Wildman–Crippen MR) is 110 cm³/mol. The zero-order valence-corrected chi connectivity index (χ0v) is 17.9. The van der Waals surface area contributed by atoms with Crippen molar-refractivity contribution in [2.75, 3.05) is 13.6 Å². The monoisotopic (exact) mass is 459 g/mol. The first-order valence-corrected chi connectivity index (χ1v) is 10.3. The maximum absolute atomic E-state index is 12.7. The molecule has 2 heterocycles. The number of imide groups is 1. The highest BCUT2D eigenvalue weighted by Crippen LogP contribution is 2.42. The first kappa shape index (κ1) is 19.7. The van der Waals surface area contributed by atoms with E-state index in [9.17, 15) is 14.4 Å². The number of nitrogens with one attached hydrogen (secondary N) is 1. The third-order valence-corrected chi connectivity index (χ3v) is 6.13. The predicted octanol–water partition coefficient (Wildman–Crippen LogP) is 3.39. The van der Waals surface area contributed by atoms with Gasteiger partial charge in [0.15, 0.2) is 0 Å². The number of halogens is 1. The summed E-state index contributed by atoms with van der Waals surface area (Å²) in [6.45, 7) is 1.72. The van der Waals surface area contributed by atoms with Crippen LogP contribution in [0.25, 0.3) is 11.3 Å². The second-order valence-electron chi connectivity index (χ2n) is 7.82. The van der Waals surface area contributed by atoms with Gasteiger partial charge in [-0.05, 0) is 49.9 Å². The summed E-state index contributed by atoms with van der Waals surface area (Å²) < 4.78 is 6.83. The van der Waals surface area contributed by atoms with Crippen LogP contribution in [-0.4, -0.2) is 46.8 Å². The Kier molecular flexibility index (Phi) is 4.98. The number of likely N-dealkylation sites (N-methyl/N-ethyl adjacent to an activating group) is 1. The van der Waals surface area contributed by atoms with Gasteiger partial charge in [0.1, 0.15) is 23.6 Å². The highest BCUT2D eigenvalue weighted by atomic mass is 79.9. The van der Waals surface area contributed by atoms with Gasteiger partial charge < -0.3 is 14.6 Å². The third-order valence-electron chi connectivity index (χ3n) is 5.60. The summed E-state index contributed by atoms with van der Waals surface area (Å²) in [5.41, 5.74) is 0.0587. The number of furan rings is 1. The topological polar surface area (TPSA) is 82.9 Å². The largest absolute Gasteiger partial charge is 0.459 e. The normalized spacial score (nSPS) is 21.4. The van der Waals surface area contributed by atoms with Crippen LogP contribution in [0.1, 0.15) is 25.5 Å². The highest BCUT2D eigenvalue weighted by molar-refractivity contribution is 9.10. The molecule has 1 saturated heterocycles. The Morgan fingerprint density at radius 1 is 1.24 bits per heavy atom. The van der Waals surface area contributed by atoms with Crippen LogP contribution in [0.4, 0.5) is 4.79 Å². The number of carbonyl (C=O) groups is 3. The van der Waals surface area contributed by atoms with Gasteiger partial charge in [-0.2, -0.15) is 0 Å². The molecule has 1 atom stereocenters. The van der Waals surface area contributed by atoms with Crippen LogP contribution in [0.3, 0.4) is 0 Å². The van der Waals surface area contributed by atoms with Crippen LogP contribution in [-0.2, 0) is 16.1 Å². The summed E-state index contributed by atoms with van der Waals surface area (Å²) in [4.78, 5) is 40.0. The molecule has 1 aliphatic carbocycles. The van der Waals surface area contributed by atoms with E-state index in [1.54, 1.807) is 14.0 Å². The summed E-state index contributed by atoms with van der Waals surface area (Å²) in [6, 6.07) is 10.9. The maximum Gasteiger partial charge on any atom is 0.325 e. The van der Waals surface area contributed by atoms with Gasteiger partial charge in [0, 0.05) is 17.1 Å². The van der Waals surface area contributed by atoms with Crippen molar-refractivity contribution in [3.05, 3.63) is 46.6 Å². The molecule has 4 amide bonds. The molecule has 1 saturated carbocycles. The molecule has 0 spiro atoms. The van der Waals surface area contributed by atoms with Gasteiger partial charge in [0.05, 0.1) is 6.54 Å². The molecule has 29 heavy (non-hydrogen) atoms. The molecule has 1 unspecified atom stereocenters. The van der Waals surface area contributed by atoms with Crippen molar-refractivity contribution >= 4 is 33.8 Å². The summed E-state index contributed by atoms with van der Waals surface area (Å²) in [7, 11) is 1.63. The van der Waals surface area contributed by atoms with Gasteiger partial charge in [0.2, 0.25) is 5.91 Å². The van der Waals surface area contributed by atoms with Gasteiger partial charge in [-0.15, -0.1) is 0 Å². The van der Waals surface area contributed by atoms with Gasteiger partial charge in [-0.25, -0.2) is 4.79 Å². The lowest BCUT2D eigenvalue weighted by Gasteiger charge is -2.22. The van der Waals surface area contributed by atoms with E-state index in [2.05, 4.69) is 21.2 Å². The summed E-state index contributed by atoms with van der Waals surface area (Å²) in [6.07, 6.45) is 1.84. The van der Waals surface area contributed by atoms with Crippen LogP contribution in [0.15, 0.2) is 45.3 Å². The minimum absolute atomic E-state index is 0.164. The van der Waals surface area contributed by atoms with E-state index in [0.29, 0.717) is 11.5 Å². The van der Waals surface area contributed by atoms with E-state index < -0.39 is 11.6 Å². The van der Waals surface area contributed by atoms with E-state index in [4.69, 9.17) is 4.42 Å². The lowest BCUT2D eigenvalue weighted by molar-refractivity contribution is -0.138. The maximum atomic E-state index is 12.7. The molecule has 2 fully saturated rings. The number of rotatable bonds is 6. The number of hydrogen-bond acceptors (Lipinski definition) is 4. The third kappa shape index (κ3) is 3.81. The molecule has 1 N–H and O–H groups in total. The van der Waals surface area contributed by atoms with Crippen LogP contribution in [0.2, 0.25) is 0 Å². The molecule has 1 aromatic carbocycles. The molecule has 2 aliphatic rings. The quantitative estimate of drug-likeness (QED) is 0.671. The number of urea groups is 1. The molecule has 2 aromatic rings. The fourth-order valence-corrected chi connectivity index (χ4v) is 3.87. The van der Waals surface area contributed by atoms with E-state index in [0.717, 1.165) is 27.8 Å². The number of hydrogen-bond donors (Lipinski definition) is 1.